The molecule has 0 bridgehead atoms. The quantitative estimate of drug-likeness (QED) is 0.801. The minimum Gasteiger partial charge on any atom is -0.449 e. The molecule has 2 fully saturated rings. The summed E-state index contributed by atoms with van der Waals surface area (Å²) in [7, 11) is 0. The van der Waals surface area contributed by atoms with Crippen LogP contribution in [0.1, 0.15) is 48.0 Å². The van der Waals surface area contributed by atoms with Crippen molar-refractivity contribution in [3.63, 3.8) is 0 Å². The summed E-state index contributed by atoms with van der Waals surface area (Å²) in [5.74, 6) is -0.540. The molecule has 2 saturated heterocycles. The fourth-order valence-electron chi connectivity index (χ4n) is 2.93. The SMILES string of the molecule is CC1(C)OCC(CCOC(=O)N2C(C)(C)COC2(C)C)O1. The molecule has 0 aliphatic carbocycles. The monoisotopic (exact) mass is 301 g/mol. The lowest BCUT2D eigenvalue weighted by molar-refractivity contribution is -0.139. The summed E-state index contributed by atoms with van der Waals surface area (Å²) < 4.78 is 22.2. The average molecular weight is 301 g/mol. The van der Waals surface area contributed by atoms with Crippen LogP contribution >= 0.6 is 0 Å². The molecule has 1 atom stereocenters. The fraction of sp³-hybridized carbons (Fsp3) is 0.933. The lowest BCUT2D eigenvalue weighted by Crippen LogP contribution is -2.53. The van der Waals surface area contributed by atoms with Crippen molar-refractivity contribution in [2.75, 3.05) is 19.8 Å². The zero-order valence-corrected chi connectivity index (χ0v) is 13.9. The normalized spacial score (nSPS) is 29.6. The molecule has 0 aromatic heterocycles. The molecule has 21 heavy (non-hydrogen) atoms. The van der Waals surface area contributed by atoms with E-state index in [1.54, 1.807) is 4.90 Å². The molecule has 2 rings (SSSR count). The molecule has 0 spiro atoms. The minimum absolute atomic E-state index is 0.0244. The molecule has 0 radical (unpaired) electrons. The van der Waals surface area contributed by atoms with Crippen LogP contribution in [-0.4, -0.2) is 54.0 Å². The van der Waals surface area contributed by atoms with Crippen molar-refractivity contribution < 1.29 is 23.7 Å². The van der Waals surface area contributed by atoms with Gasteiger partial charge < -0.3 is 18.9 Å². The van der Waals surface area contributed by atoms with Crippen LogP contribution in [0.2, 0.25) is 0 Å². The number of amides is 1. The van der Waals surface area contributed by atoms with E-state index in [4.69, 9.17) is 18.9 Å². The van der Waals surface area contributed by atoms with E-state index in [0.29, 0.717) is 26.2 Å². The van der Waals surface area contributed by atoms with E-state index in [2.05, 4.69) is 0 Å². The molecular formula is C15H27NO5. The maximum absolute atomic E-state index is 12.3. The second-order valence-electron chi connectivity index (χ2n) is 7.24. The molecule has 0 N–H and O–H groups in total. The Morgan fingerprint density at radius 1 is 1.19 bits per heavy atom. The first-order valence-electron chi connectivity index (χ1n) is 7.46. The molecule has 1 unspecified atom stereocenters. The first kappa shape index (κ1) is 16.5. The van der Waals surface area contributed by atoms with Crippen LogP contribution in [0.15, 0.2) is 0 Å². The van der Waals surface area contributed by atoms with Crippen LogP contribution in [0.5, 0.6) is 0 Å². The van der Waals surface area contributed by atoms with E-state index in [9.17, 15) is 4.79 Å². The van der Waals surface area contributed by atoms with E-state index < -0.39 is 11.5 Å². The van der Waals surface area contributed by atoms with Crippen LogP contribution in [-0.2, 0) is 18.9 Å². The molecular weight excluding hydrogens is 274 g/mol. The number of ether oxygens (including phenoxy) is 4. The molecule has 0 aromatic rings. The molecule has 2 aliphatic rings. The third kappa shape index (κ3) is 3.67. The Morgan fingerprint density at radius 2 is 1.86 bits per heavy atom. The van der Waals surface area contributed by atoms with Gasteiger partial charge in [-0.3, -0.25) is 4.90 Å². The highest BCUT2D eigenvalue weighted by atomic mass is 16.7. The Bertz CT molecular complexity index is 389. The van der Waals surface area contributed by atoms with Crippen LogP contribution in [0, 0.1) is 0 Å². The van der Waals surface area contributed by atoms with Gasteiger partial charge in [0, 0.05) is 6.42 Å². The van der Waals surface area contributed by atoms with E-state index in [0.717, 1.165) is 0 Å². The van der Waals surface area contributed by atoms with E-state index in [1.807, 2.05) is 41.5 Å². The maximum atomic E-state index is 12.3. The van der Waals surface area contributed by atoms with Crippen molar-refractivity contribution in [1.82, 2.24) is 4.90 Å². The largest absolute Gasteiger partial charge is 0.449 e. The summed E-state index contributed by atoms with van der Waals surface area (Å²) in [5.41, 5.74) is -1.01. The highest BCUT2D eigenvalue weighted by molar-refractivity contribution is 5.69. The van der Waals surface area contributed by atoms with Gasteiger partial charge in [0.15, 0.2) is 5.79 Å². The van der Waals surface area contributed by atoms with Gasteiger partial charge >= 0.3 is 6.09 Å². The Balaban J connectivity index is 1.82. The van der Waals surface area contributed by atoms with Crippen LogP contribution in [0.4, 0.5) is 4.79 Å². The average Bonchev–Trinajstić information content (AvgIpc) is 2.76. The predicted molar refractivity (Wildman–Crippen MR) is 76.8 cm³/mol. The summed E-state index contributed by atoms with van der Waals surface area (Å²) >= 11 is 0. The first-order valence-corrected chi connectivity index (χ1v) is 7.46. The number of hydrogen-bond acceptors (Lipinski definition) is 5. The number of rotatable bonds is 3. The van der Waals surface area contributed by atoms with Crippen molar-refractivity contribution in [1.29, 1.82) is 0 Å². The van der Waals surface area contributed by atoms with Gasteiger partial charge in [0.2, 0.25) is 0 Å². The van der Waals surface area contributed by atoms with Gasteiger partial charge in [0.25, 0.3) is 0 Å². The van der Waals surface area contributed by atoms with Gasteiger partial charge in [-0.15, -0.1) is 0 Å². The standard InChI is InChI=1S/C15H27NO5/c1-13(2)10-20-14(3,4)16(13)12(17)18-8-7-11-9-19-15(5,6)21-11/h11H,7-10H2,1-6H3. The van der Waals surface area contributed by atoms with Gasteiger partial charge in [-0.1, -0.05) is 0 Å². The fourth-order valence-corrected chi connectivity index (χ4v) is 2.93. The Morgan fingerprint density at radius 3 is 2.33 bits per heavy atom. The number of nitrogens with zero attached hydrogens (tertiary/aromatic N) is 1. The zero-order chi connectivity index (χ0) is 15.9. The summed E-state index contributed by atoms with van der Waals surface area (Å²) in [6.45, 7) is 12.8. The molecule has 0 aromatic carbocycles. The second kappa shape index (κ2) is 5.41. The number of carbonyl (C=O) groups is 1. The van der Waals surface area contributed by atoms with Crippen molar-refractivity contribution >= 4 is 6.09 Å². The summed E-state index contributed by atoms with van der Waals surface area (Å²) in [5, 5.41) is 0. The van der Waals surface area contributed by atoms with E-state index in [1.165, 1.54) is 0 Å². The summed E-state index contributed by atoms with van der Waals surface area (Å²) in [4.78, 5) is 14.0. The topological polar surface area (TPSA) is 57.2 Å². The van der Waals surface area contributed by atoms with Crippen LogP contribution in [0.25, 0.3) is 0 Å². The third-order valence-corrected chi connectivity index (χ3v) is 3.84. The molecule has 1 amide bonds. The van der Waals surface area contributed by atoms with Crippen molar-refractivity contribution in [2.45, 2.75) is 71.1 Å². The van der Waals surface area contributed by atoms with Gasteiger partial charge in [-0.25, -0.2) is 4.79 Å². The third-order valence-electron chi connectivity index (χ3n) is 3.84. The van der Waals surface area contributed by atoms with Gasteiger partial charge in [-0.05, 0) is 41.5 Å². The van der Waals surface area contributed by atoms with Crippen LogP contribution in [0.3, 0.4) is 0 Å². The Kier molecular flexibility index (Phi) is 4.26. The molecule has 6 nitrogen and oxygen atoms in total. The smallest absolute Gasteiger partial charge is 0.412 e. The second-order valence-corrected chi connectivity index (χ2v) is 7.24. The highest BCUT2D eigenvalue weighted by Gasteiger charge is 2.49. The molecule has 6 heteroatoms. The van der Waals surface area contributed by atoms with Crippen molar-refractivity contribution in [2.24, 2.45) is 0 Å². The van der Waals surface area contributed by atoms with Gasteiger partial charge in [0.05, 0.1) is 31.5 Å². The zero-order valence-electron chi connectivity index (χ0n) is 13.9. The van der Waals surface area contributed by atoms with Crippen molar-refractivity contribution in [3.05, 3.63) is 0 Å². The van der Waals surface area contributed by atoms with Gasteiger partial charge in [-0.2, -0.15) is 0 Å². The Hall–Kier alpha value is -0.850. The molecule has 0 saturated carbocycles. The lowest BCUT2D eigenvalue weighted by atomic mass is 10.0. The highest BCUT2D eigenvalue weighted by Crippen LogP contribution is 2.35. The number of hydrogen-bond donors (Lipinski definition) is 0. The van der Waals surface area contributed by atoms with Crippen molar-refractivity contribution in [3.8, 4) is 0 Å². The lowest BCUT2D eigenvalue weighted by Gasteiger charge is -2.36. The molecule has 2 aliphatic heterocycles. The molecule has 122 valence electrons. The predicted octanol–water partition coefficient (Wildman–Crippen LogP) is 2.51. The molecule has 2 heterocycles. The number of carbonyl (C=O) groups excluding carboxylic acids is 1. The van der Waals surface area contributed by atoms with E-state index >= 15 is 0 Å². The minimum atomic E-state index is -0.643. The summed E-state index contributed by atoms with van der Waals surface area (Å²) in [6, 6.07) is 0. The Labute approximate surface area is 126 Å². The summed E-state index contributed by atoms with van der Waals surface area (Å²) in [6.07, 6.45) is 0.259. The first-order chi connectivity index (χ1) is 9.54. The maximum Gasteiger partial charge on any atom is 0.412 e. The van der Waals surface area contributed by atoms with Gasteiger partial charge in [0.1, 0.15) is 5.72 Å². The van der Waals surface area contributed by atoms with E-state index in [-0.39, 0.29) is 17.7 Å². The van der Waals surface area contributed by atoms with Crippen LogP contribution < -0.4 is 0 Å².